The smallest absolute Gasteiger partial charge is 0.342 e. The highest BCUT2D eigenvalue weighted by Gasteiger charge is 2.05. The van der Waals surface area contributed by atoms with E-state index in [0.717, 1.165) is 0 Å². The van der Waals surface area contributed by atoms with Crippen LogP contribution in [0.5, 0.6) is 5.75 Å². The fourth-order valence-electron chi connectivity index (χ4n) is 1.79. The van der Waals surface area contributed by atoms with E-state index in [1.54, 1.807) is 12.1 Å². The molecule has 0 saturated carbocycles. The minimum atomic E-state index is -0.730. The summed E-state index contributed by atoms with van der Waals surface area (Å²) >= 11 is 0. The van der Waals surface area contributed by atoms with Crippen LogP contribution in [0.15, 0.2) is 39.0 Å². The lowest BCUT2D eigenvalue weighted by Crippen LogP contribution is -2.31. The maximum absolute atomic E-state index is 11.7. The van der Waals surface area contributed by atoms with Gasteiger partial charge in [0.1, 0.15) is 5.75 Å². The number of hydrazone groups is 1. The first-order valence-corrected chi connectivity index (χ1v) is 7.46. The van der Waals surface area contributed by atoms with Gasteiger partial charge in [-0.25, -0.2) is 15.3 Å². The molecule has 1 aromatic carbocycles. The van der Waals surface area contributed by atoms with E-state index in [1.165, 1.54) is 6.21 Å². The summed E-state index contributed by atoms with van der Waals surface area (Å²) in [7, 11) is 0. The molecule has 2 rings (SSSR count). The first kappa shape index (κ1) is 17.9. The van der Waals surface area contributed by atoms with E-state index < -0.39 is 17.2 Å². The molecule has 0 aliphatic rings. The molecule has 0 aliphatic carbocycles. The van der Waals surface area contributed by atoms with Crippen LogP contribution in [0.25, 0.3) is 0 Å². The molecule has 0 aliphatic heterocycles. The Morgan fingerprint density at radius 1 is 1.36 bits per heavy atom. The maximum Gasteiger partial charge on any atom is 0.342 e. The third-order valence-electron chi connectivity index (χ3n) is 2.80. The van der Waals surface area contributed by atoms with Gasteiger partial charge in [-0.1, -0.05) is 12.1 Å². The van der Waals surface area contributed by atoms with Crippen molar-refractivity contribution < 1.29 is 9.53 Å². The first-order valence-electron chi connectivity index (χ1n) is 7.46. The Morgan fingerprint density at radius 3 is 2.84 bits per heavy atom. The molecule has 0 bridgehead atoms. The number of H-pyrrole nitrogens is 2. The highest BCUT2D eigenvalue weighted by molar-refractivity contribution is 5.86. The Balaban J connectivity index is 1.90. The van der Waals surface area contributed by atoms with E-state index in [-0.39, 0.29) is 18.5 Å². The second-order valence-corrected chi connectivity index (χ2v) is 5.21. The Hall–Kier alpha value is -3.43. The number of ether oxygens (including phenoxy) is 1. The summed E-state index contributed by atoms with van der Waals surface area (Å²) in [4.78, 5) is 35.9. The number of hydrogen-bond acceptors (Lipinski definition) is 7. The van der Waals surface area contributed by atoms with E-state index >= 15 is 0 Å². The summed E-state index contributed by atoms with van der Waals surface area (Å²) in [5, 5.41) is 11.9. The van der Waals surface area contributed by atoms with Gasteiger partial charge in [-0.3, -0.25) is 14.6 Å². The summed E-state index contributed by atoms with van der Waals surface area (Å²) in [6.45, 7) is 3.57. The van der Waals surface area contributed by atoms with Crippen LogP contribution in [-0.2, 0) is 4.79 Å². The van der Waals surface area contributed by atoms with Crippen molar-refractivity contribution in [2.24, 2.45) is 5.10 Å². The molecule has 10 heteroatoms. The van der Waals surface area contributed by atoms with Gasteiger partial charge in [-0.05, 0) is 26.0 Å². The van der Waals surface area contributed by atoms with Crippen LogP contribution in [0.2, 0.25) is 0 Å². The number of carbonyl (C=O) groups excluding carboxylic acids is 1. The third kappa shape index (κ3) is 5.61. The van der Waals surface area contributed by atoms with Crippen molar-refractivity contribution in [2.45, 2.75) is 20.0 Å². The minimum absolute atomic E-state index is 0.0104. The SMILES string of the molecule is CC(C)Oc1ccccc1/C=N/NC(=O)CNc1n[nH]c(=O)[nH]c1=O. The van der Waals surface area contributed by atoms with E-state index in [0.29, 0.717) is 11.3 Å². The quantitative estimate of drug-likeness (QED) is 0.404. The number of para-hydroxylation sites is 1. The highest BCUT2D eigenvalue weighted by atomic mass is 16.5. The molecule has 10 nitrogen and oxygen atoms in total. The van der Waals surface area contributed by atoms with Gasteiger partial charge in [-0.15, -0.1) is 5.10 Å². The number of aromatic nitrogens is 3. The molecule has 0 spiro atoms. The molecular weight excluding hydrogens is 328 g/mol. The Labute approximate surface area is 142 Å². The second-order valence-electron chi connectivity index (χ2n) is 5.21. The minimum Gasteiger partial charge on any atom is -0.490 e. The number of hydrogen-bond donors (Lipinski definition) is 4. The van der Waals surface area contributed by atoms with Crippen molar-refractivity contribution in [3.05, 3.63) is 50.7 Å². The zero-order valence-electron chi connectivity index (χ0n) is 13.7. The summed E-state index contributed by atoms with van der Waals surface area (Å²) in [6.07, 6.45) is 1.47. The number of nitrogens with zero attached hydrogens (tertiary/aromatic N) is 2. The molecule has 1 heterocycles. The molecule has 2 aromatic rings. The lowest BCUT2D eigenvalue weighted by atomic mass is 10.2. The van der Waals surface area contributed by atoms with Crippen LogP contribution in [0.4, 0.5) is 5.82 Å². The first-order chi connectivity index (χ1) is 12.0. The number of nitrogens with one attached hydrogen (secondary N) is 4. The fraction of sp³-hybridized carbons (Fsp3) is 0.267. The molecule has 0 fully saturated rings. The summed E-state index contributed by atoms with van der Waals surface area (Å²) in [6, 6.07) is 7.27. The third-order valence-corrected chi connectivity index (χ3v) is 2.80. The lowest BCUT2D eigenvalue weighted by molar-refractivity contribution is -0.119. The average molecular weight is 346 g/mol. The van der Waals surface area contributed by atoms with Crippen molar-refractivity contribution in [3.63, 3.8) is 0 Å². The molecule has 0 saturated heterocycles. The molecular formula is C15H18N6O4. The largest absolute Gasteiger partial charge is 0.490 e. The van der Waals surface area contributed by atoms with Gasteiger partial charge in [-0.2, -0.15) is 5.10 Å². The van der Waals surface area contributed by atoms with Crippen molar-refractivity contribution >= 4 is 17.9 Å². The Morgan fingerprint density at radius 2 is 2.12 bits per heavy atom. The van der Waals surface area contributed by atoms with Crippen molar-refractivity contribution in [2.75, 3.05) is 11.9 Å². The fourth-order valence-corrected chi connectivity index (χ4v) is 1.79. The van der Waals surface area contributed by atoms with E-state index in [4.69, 9.17) is 4.74 Å². The van der Waals surface area contributed by atoms with Gasteiger partial charge in [0.2, 0.25) is 5.82 Å². The standard InChI is InChI=1S/C15H18N6O4/c1-9(2)25-11-6-4-3-5-10(11)7-17-19-12(22)8-16-13-14(23)18-15(24)21-20-13/h3-7,9H,8H2,1-2H3,(H,16,20)(H,19,22)(H2,18,21,23,24)/b17-7+. The molecule has 1 aromatic heterocycles. The number of benzene rings is 1. The van der Waals surface area contributed by atoms with Crippen LogP contribution in [0.1, 0.15) is 19.4 Å². The normalized spacial score (nSPS) is 10.8. The van der Waals surface area contributed by atoms with Gasteiger partial charge < -0.3 is 10.1 Å². The van der Waals surface area contributed by atoms with Crippen LogP contribution in [0, 0.1) is 0 Å². The van der Waals surface area contributed by atoms with Gasteiger partial charge in [0, 0.05) is 5.56 Å². The molecule has 0 radical (unpaired) electrons. The van der Waals surface area contributed by atoms with E-state index in [9.17, 15) is 14.4 Å². The van der Waals surface area contributed by atoms with Crippen LogP contribution < -0.4 is 26.7 Å². The van der Waals surface area contributed by atoms with Gasteiger partial charge in [0.05, 0.1) is 18.9 Å². The molecule has 4 N–H and O–H groups in total. The molecule has 25 heavy (non-hydrogen) atoms. The van der Waals surface area contributed by atoms with Crippen molar-refractivity contribution in [3.8, 4) is 5.75 Å². The van der Waals surface area contributed by atoms with Crippen LogP contribution in [-0.4, -0.2) is 40.0 Å². The van der Waals surface area contributed by atoms with Crippen LogP contribution in [0.3, 0.4) is 0 Å². The molecule has 1 amide bonds. The van der Waals surface area contributed by atoms with Gasteiger partial charge >= 0.3 is 5.69 Å². The maximum atomic E-state index is 11.7. The Bertz CT molecular complexity index is 871. The summed E-state index contributed by atoms with van der Waals surface area (Å²) in [5.74, 6) is -0.0158. The number of carbonyl (C=O) groups is 1. The number of rotatable bonds is 7. The Kier molecular flexibility index (Phi) is 6.04. The summed E-state index contributed by atoms with van der Waals surface area (Å²) < 4.78 is 5.64. The van der Waals surface area contributed by atoms with Crippen LogP contribution >= 0.6 is 0 Å². The molecule has 0 atom stereocenters. The average Bonchev–Trinajstić information content (AvgIpc) is 2.55. The molecule has 0 unspecified atom stereocenters. The van der Waals surface area contributed by atoms with Crippen molar-refractivity contribution in [1.82, 2.24) is 20.6 Å². The van der Waals surface area contributed by atoms with Gasteiger partial charge in [0.15, 0.2) is 0 Å². The molecule has 132 valence electrons. The predicted octanol–water partition coefficient (Wildman–Crippen LogP) is -0.192. The highest BCUT2D eigenvalue weighted by Crippen LogP contribution is 2.17. The summed E-state index contributed by atoms with van der Waals surface area (Å²) in [5.41, 5.74) is 1.57. The van der Waals surface area contributed by atoms with E-state index in [2.05, 4.69) is 26.0 Å². The topological polar surface area (TPSA) is 141 Å². The van der Waals surface area contributed by atoms with Gasteiger partial charge in [0.25, 0.3) is 11.5 Å². The number of aromatic amines is 2. The number of amides is 1. The zero-order chi connectivity index (χ0) is 18.2. The van der Waals surface area contributed by atoms with Crippen molar-refractivity contribution in [1.29, 1.82) is 0 Å². The predicted molar refractivity (Wildman–Crippen MR) is 91.9 cm³/mol. The monoisotopic (exact) mass is 346 g/mol. The zero-order valence-corrected chi connectivity index (χ0v) is 13.7. The lowest BCUT2D eigenvalue weighted by Gasteiger charge is -2.11. The second kappa shape index (κ2) is 8.43. The number of anilines is 1. The van der Waals surface area contributed by atoms with E-state index in [1.807, 2.05) is 31.0 Å².